The number of thiazole rings is 2. The molecule has 3 aromatic heterocycles. The topological polar surface area (TPSA) is 77.3 Å². The maximum Gasteiger partial charge on any atom is 0.387 e. The summed E-state index contributed by atoms with van der Waals surface area (Å²) in [5, 5.41) is 5.78. The number of carbonyl (C=O) groups excluding carboxylic acids is 1. The molecule has 0 aliphatic rings. The first-order valence-corrected chi connectivity index (χ1v) is 10.5. The number of nitrogens with zero attached hydrogens (tertiary/aromatic N) is 2. The molecule has 0 unspecified atom stereocenters. The third kappa shape index (κ3) is 4.71. The van der Waals surface area contributed by atoms with E-state index in [-0.39, 0.29) is 18.1 Å². The number of hydrogen-bond donors (Lipinski definition) is 1. The Hall–Kier alpha value is -3.11. The Morgan fingerprint density at radius 1 is 1.23 bits per heavy atom. The van der Waals surface area contributed by atoms with Gasteiger partial charge in [-0.05, 0) is 43.3 Å². The molecule has 4 rings (SSSR count). The minimum absolute atomic E-state index is 0.0762. The standard InChI is InChI=1S/C20H15F2N3O3S2/c1-11-17(12-4-6-14(7-5-12)28-19(21)22)25-20(30-11)24-16(26)9-13-10-29-18(23-13)15-3-2-8-27-15/h2-8,10,19H,9H2,1H3,(H,24,25,26). The Morgan fingerprint density at radius 3 is 2.73 bits per heavy atom. The fourth-order valence-corrected chi connectivity index (χ4v) is 4.38. The van der Waals surface area contributed by atoms with Gasteiger partial charge in [0.15, 0.2) is 15.9 Å². The van der Waals surface area contributed by atoms with Gasteiger partial charge in [-0.3, -0.25) is 4.79 Å². The molecule has 1 aromatic carbocycles. The van der Waals surface area contributed by atoms with E-state index in [1.165, 1.54) is 34.8 Å². The van der Waals surface area contributed by atoms with Gasteiger partial charge in [-0.25, -0.2) is 9.97 Å². The number of amides is 1. The number of aryl methyl sites for hydroxylation is 1. The van der Waals surface area contributed by atoms with Crippen molar-refractivity contribution in [3.8, 4) is 27.8 Å². The molecule has 1 amide bonds. The van der Waals surface area contributed by atoms with Crippen molar-refractivity contribution in [1.82, 2.24) is 9.97 Å². The molecule has 0 aliphatic carbocycles. The number of alkyl halides is 2. The maximum atomic E-state index is 12.4. The first kappa shape index (κ1) is 20.2. The highest BCUT2D eigenvalue weighted by atomic mass is 32.1. The van der Waals surface area contributed by atoms with Crippen molar-refractivity contribution in [2.75, 3.05) is 5.32 Å². The second kappa shape index (κ2) is 8.72. The third-order valence-electron chi connectivity index (χ3n) is 4.02. The second-order valence-electron chi connectivity index (χ2n) is 6.17. The summed E-state index contributed by atoms with van der Waals surface area (Å²) in [5.74, 6) is 0.511. The number of anilines is 1. The number of aromatic nitrogens is 2. The fourth-order valence-electron chi connectivity index (χ4n) is 2.74. The summed E-state index contributed by atoms with van der Waals surface area (Å²) in [5.41, 5.74) is 2.06. The first-order valence-electron chi connectivity index (χ1n) is 8.79. The number of hydrogen-bond acceptors (Lipinski definition) is 7. The molecule has 0 atom stereocenters. The highest BCUT2D eigenvalue weighted by molar-refractivity contribution is 7.16. The SMILES string of the molecule is Cc1sc(NC(=O)Cc2csc(-c3ccco3)n2)nc1-c1ccc(OC(F)F)cc1. The number of carbonyl (C=O) groups is 1. The fraction of sp³-hybridized carbons (Fsp3) is 0.150. The van der Waals surface area contributed by atoms with Crippen LogP contribution >= 0.6 is 22.7 Å². The highest BCUT2D eigenvalue weighted by Crippen LogP contribution is 2.32. The van der Waals surface area contributed by atoms with E-state index in [2.05, 4.69) is 20.0 Å². The summed E-state index contributed by atoms with van der Waals surface area (Å²) in [6.07, 6.45) is 1.69. The number of halogens is 2. The zero-order valence-electron chi connectivity index (χ0n) is 15.6. The first-order chi connectivity index (χ1) is 14.5. The lowest BCUT2D eigenvalue weighted by Gasteiger charge is -2.05. The molecule has 10 heteroatoms. The summed E-state index contributed by atoms with van der Waals surface area (Å²) in [4.78, 5) is 22.2. The molecule has 0 fully saturated rings. The van der Waals surface area contributed by atoms with Crippen molar-refractivity contribution in [1.29, 1.82) is 0 Å². The lowest BCUT2D eigenvalue weighted by atomic mass is 10.1. The van der Waals surface area contributed by atoms with Crippen LogP contribution in [0.4, 0.5) is 13.9 Å². The number of nitrogens with one attached hydrogen (secondary N) is 1. The summed E-state index contributed by atoms with van der Waals surface area (Å²) in [6, 6.07) is 9.81. The van der Waals surface area contributed by atoms with Crippen LogP contribution in [0, 0.1) is 6.92 Å². The summed E-state index contributed by atoms with van der Waals surface area (Å²) < 4.78 is 34.2. The normalized spacial score (nSPS) is 11.1. The van der Waals surface area contributed by atoms with Crippen LogP contribution in [0.25, 0.3) is 22.0 Å². The van der Waals surface area contributed by atoms with Gasteiger partial charge in [-0.15, -0.1) is 22.7 Å². The monoisotopic (exact) mass is 447 g/mol. The van der Waals surface area contributed by atoms with E-state index in [4.69, 9.17) is 4.42 Å². The average molecular weight is 447 g/mol. The van der Waals surface area contributed by atoms with Crippen LogP contribution in [0.2, 0.25) is 0 Å². The molecule has 0 radical (unpaired) electrons. The molecule has 4 aromatic rings. The zero-order chi connectivity index (χ0) is 21.1. The van der Waals surface area contributed by atoms with Gasteiger partial charge in [0, 0.05) is 15.8 Å². The van der Waals surface area contributed by atoms with Gasteiger partial charge in [0.2, 0.25) is 5.91 Å². The molecule has 154 valence electrons. The van der Waals surface area contributed by atoms with E-state index >= 15 is 0 Å². The van der Waals surface area contributed by atoms with Gasteiger partial charge in [0.05, 0.1) is 24.1 Å². The summed E-state index contributed by atoms with van der Waals surface area (Å²) in [7, 11) is 0. The molecule has 6 nitrogen and oxygen atoms in total. The van der Waals surface area contributed by atoms with E-state index < -0.39 is 6.61 Å². The molecule has 30 heavy (non-hydrogen) atoms. The van der Waals surface area contributed by atoms with Crippen LogP contribution in [0.1, 0.15) is 10.6 Å². The third-order valence-corrected chi connectivity index (χ3v) is 5.81. The van der Waals surface area contributed by atoms with Gasteiger partial charge in [0.1, 0.15) is 5.75 Å². The predicted octanol–water partition coefficient (Wildman–Crippen LogP) is 5.62. The van der Waals surface area contributed by atoms with E-state index in [9.17, 15) is 13.6 Å². The zero-order valence-corrected chi connectivity index (χ0v) is 17.2. The van der Waals surface area contributed by atoms with Crippen LogP contribution in [0.3, 0.4) is 0 Å². The van der Waals surface area contributed by atoms with Crippen molar-refractivity contribution in [3.63, 3.8) is 0 Å². The molecule has 3 heterocycles. The van der Waals surface area contributed by atoms with Gasteiger partial charge in [0.25, 0.3) is 0 Å². The molecule has 0 aliphatic heterocycles. The Labute approximate surface area is 178 Å². The largest absolute Gasteiger partial charge is 0.462 e. The van der Waals surface area contributed by atoms with Gasteiger partial charge < -0.3 is 14.5 Å². The summed E-state index contributed by atoms with van der Waals surface area (Å²) in [6.45, 7) is -0.992. The number of benzene rings is 1. The van der Waals surface area contributed by atoms with Crippen LogP contribution in [0.15, 0.2) is 52.5 Å². The van der Waals surface area contributed by atoms with Crippen LogP contribution in [-0.2, 0) is 11.2 Å². The van der Waals surface area contributed by atoms with Gasteiger partial charge >= 0.3 is 6.61 Å². The number of ether oxygens (including phenoxy) is 1. The number of rotatable bonds is 7. The highest BCUT2D eigenvalue weighted by Gasteiger charge is 2.15. The Kier molecular flexibility index (Phi) is 5.86. The lowest BCUT2D eigenvalue weighted by molar-refractivity contribution is -0.115. The van der Waals surface area contributed by atoms with Crippen molar-refractivity contribution in [3.05, 3.63) is 58.6 Å². The van der Waals surface area contributed by atoms with Crippen LogP contribution < -0.4 is 10.1 Å². The molecule has 0 saturated heterocycles. The van der Waals surface area contributed by atoms with E-state index in [1.807, 2.05) is 18.4 Å². The molecule has 1 N–H and O–H groups in total. The molecule has 0 spiro atoms. The second-order valence-corrected chi connectivity index (χ2v) is 8.23. The molecule has 0 bridgehead atoms. The minimum Gasteiger partial charge on any atom is -0.462 e. The Bertz CT molecular complexity index is 1140. The summed E-state index contributed by atoms with van der Waals surface area (Å²) >= 11 is 2.75. The van der Waals surface area contributed by atoms with E-state index in [1.54, 1.807) is 24.5 Å². The quantitative estimate of drug-likeness (QED) is 0.398. The Morgan fingerprint density at radius 2 is 2.03 bits per heavy atom. The van der Waals surface area contributed by atoms with Crippen LogP contribution in [-0.4, -0.2) is 22.5 Å². The molecular formula is C20H15F2N3O3S2. The Balaban J connectivity index is 1.41. The van der Waals surface area contributed by atoms with Crippen molar-refractivity contribution in [2.24, 2.45) is 0 Å². The molecule has 0 saturated carbocycles. The van der Waals surface area contributed by atoms with Crippen LogP contribution in [0.5, 0.6) is 5.75 Å². The lowest BCUT2D eigenvalue weighted by Crippen LogP contribution is -2.14. The minimum atomic E-state index is -2.87. The maximum absolute atomic E-state index is 12.4. The molecular weight excluding hydrogens is 432 g/mol. The average Bonchev–Trinajstić information content (AvgIpc) is 3.43. The predicted molar refractivity (Wildman–Crippen MR) is 111 cm³/mol. The van der Waals surface area contributed by atoms with Gasteiger partial charge in [-0.2, -0.15) is 8.78 Å². The number of furan rings is 1. The van der Waals surface area contributed by atoms with Crippen molar-refractivity contribution in [2.45, 2.75) is 20.0 Å². The smallest absolute Gasteiger partial charge is 0.387 e. The van der Waals surface area contributed by atoms with E-state index in [0.717, 1.165) is 15.4 Å². The van der Waals surface area contributed by atoms with Crippen molar-refractivity contribution >= 4 is 33.7 Å². The van der Waals surface area contributed by atoms with Crippen molar-refractivity contribution < 1.29 is 22.7 Å². The van der Waals surface area contributed by atoms with Gasteiger partial charge in [-0.1, -0.05) is 0 Å². The van der Waals surface area contributed by atoms with E-state index in [0.29, 0.717) is 22.3 Å².